The quantitative estimate of drug-likeness (QED) is 0.541. The Hall–Kier alpha value is -2.92. The number of nitrogen functional groups attached to an aromatic ring is 1. The molecule has 1 amide bonds. The van der Waals surface area contributed by atoms with Crippen LogP contribution in [-0.4, -0.2) is 83.7 Å². The van der Waals surface area contributed by atoms with Crippen LogP contribution >= 0.6 is 0 Å². The SMILES string of the molecule is Nc1nn2c(c1C(=O)Nc1cnccc1N1CCN3CCOC[C@@H]3C1)NCC(F)C21CCCCCCCCC1. The van der Waals surface area contributed by atoms with Gasteiger partial charge in [0.05, 0.1) is 42.4 Å². The van der Waals surface area contributed by atoms with Gasteiger partial charge in [-0.15, -0.1) is 0 Å². The van der Waals surface area contributed by atoms with Crippen molar-refractivity contribution in [1.82, 2.24) is 19.7 Å². The van der Waals surface area contributed by atoms with Gasteiger partial charge < -0.3 is 26.0 Å². The molecule has 4 aliphatic rings. The normalized spacial score (nSPS) is 25.8. The third-order valence-electron chi connectivity index (χ3n) is 9.14. The lowest BCUT2D eigenvalue weighted by Gasteiger charge is -2.44. The van der Waals surface area contributed by atoms with E-state index < -0.39 is 11.7 Å². The summed E-state index contributed by atoms with van der Waals surface area (Å²) in [4.78, 5) is 22.8. The highest BCUT2D eigenvalue weighted by Gasteiger charge is 2.47. The van der Waals surface area contributed by atoms with E-state index in [4.69, 9.17) is 10.5 Å². The first-order valence-electron chi connectivity index (χ1n) is 14.7. The third-order valence-corrected chi connectivity index (χ3v) is 9.14. The predicted molar refractivity (Wildman–Crippen MR) is 150 cm³/mol. The summed E-state index contributed by atoms with van der Waals surface area (Å²) in [5, 5.41) is 10.8. The van der Waals surface area contributed by atoms with Crippen LogP contribution < -0.4 is 21.3 Å². The minimum atomic E-state index is -1.09. The molecule has 4 N–H and O–H groups in total. The second-order valence-corrected chi connectivity index (χ2v) is 11.5. The lowest BCUT2D eigenvalue weighted by atomic mass is 9.80. The van der Waals surface area contributed by atoms with Crippen molar-refractivity contribution in [2.75, 3.05) is 67.2 Å². The number of morpholine rings is 1. The fraction of sp³-hybridized carbons (Fsp3) is 0.679. The number of hydrogen-bond acceptors (Lipinski definition) is 8. The number of pyridine rings is 1. The van der Waals surface area contributed by atoms with Crippen LogP contribution in [0.2, 0.25) is 0 Å². The van der Waals surface area contributed by atoms with Gasteiger partial charge in [-0.05, 0) is 18.9 Å². The van der Waals surface area contributed by atoms with Gasteiger partial charge in [-0.2, -0.15) is 5.10 Å². The summed E-state index contributed by atoms with van der Waals surface area (Å²) < 4.78 is 23.2. The van der Waals surface area contributed by atoms with E-state index in [1.807, 2.05) is 6.07 Å². The van der Waals surface area contributed by atoms with E-state index in [9.17, 15) is 4.79 Å². The van der Waals surface area contributed by atoms with E-state index in [1.165, 1.54) is 19.3 Å². The summed E-state index contributed by atoms with van der Waals surface area (Å²) in [5.41, 5.74) is 7.44. The van der Waals surface area contributed by atoms with E-state index in [0.29, 0.717) is 37.0 Å². The monoisotopic (exact) mass is 540 g/mol. The van der Waals surface area contributed by atoms with Gasteiger partial charge in [0.25, 0.3) is 5.91 Å². The van der Waals surface area contributed by atoms with Crippen LogP contribution in [0, 0.1) is 0 Å². The van der Waals surface area contributed by atoms with E-state index in [1.54, 1.807) is 17.1 Å². The minimum absolute atomic E-state index is 0.124. The molecule has 0 radical (unpaired) electrons. The number of alkyl halides is 1. The number of nitrogens with two attached hydrogens (primary N) is 1. The molecule has 39 heavy (non-hydrogen) atoms. The van der Waals surface area contributed by atoms with Crippen molar-refractivity contribution >= 4 is 28.9 Å². The number of carbonyl (C=O) groups excluding carboxylic acids is 1. The maximum atomic E-state index is 15.7. The Morgan fingerprint density at radius 2 is 1.90 bits per heavy atom. The Labute approximate surface area is 229 Å². The number of piperazine rings is 1. The zero-order valence-electron chi connectivity index (χ0n) is 22.7. The van der Waals surface area contributed by atoms with Crippen molar-refractivity contribution in [1.29, 1.82) is 0 Å². The number of hydrogen-bond donors (Lipinski definition) is 3. The Kier molecular flexibility index (Phi) is 7.61. The van der Waals surface area contributed by atoms with Crippen molar-refractivity contribution in [2.45, 2.75) is 75.5 Å². The van der Waals surface area contributed by atoms with Crippen LogP contribution in [0.15, 0.2) is 18.5 Å². The van der Waals surface area contributed by atoms with Crippen LogP contribution in [0.3, 0.4) is 0 Å². The smallest absolute Gasteiger partial charge is 0.263 e. The number of halogens is 1. The Balaban J connectivity index is 1.26. The van der Waals surface area contributed by atoms with Gasteiger partial charge in [-0.1, -0.05) is 44.9 Å². The van der Waals surface area contributed by atoms with Gasteiger partial charge in [-0.3, -0.25) is 14.7 Å². The highest BCUT2D eigenvalue weighted by Crippen LogP contribution is 2.43. The maximum absolute atomic E-state index is 15.7. The molecule has 11 heteroatoms. The third kappa shape index (κ3) is 5.06. The van der Waals surface area contributed by atoms with E-state index in [0.717, 1.165) is 64.2 Å². The summed E-state index contributed by atoms with van der Waals surface area (Å²) in [6.07, 6.45) is 11.4. The fourth-order valence-corrected chi connectivity index (χ4v) is 6.96. The van der Waals surface area contributed by atoms with Crippen LogP contribution in [0.4, 0.5) is 27.4 Å². The topological polar surface area (TPSA) is 114 Å². The second-order valence-electron chi connectivity index (χ2n) is 11.5. The number of aromatic nitrogens is 3. The molecule has 1 saturated carbocycles. The Morgan fingerprint density at radius 1 is 1.13 bits per heavy atom. The molecule has 6 rings (SSSR count). The van der Waals surface area contributed by atoms with Crippen molar-refractivity contribution in [3.8, 4) is 0 Å². The predicted octanol–water partition coefficient (Wildman–Crippen LogP) is 3.62. The molecule has 0 aromatic carbocycles. The summed E-state index contributed by atoms with van der Waals surface area (Å²) >= 11 is 0. The maximum Gasteiger partial charge on any atom is 0.263 e. The number of amides is 1. The van der Waals surface area contributed by atoms with Crippen molar-refractivity contribution < 1.29 is 13.9 Å². The highest BCUT2D eigenvalue weighted by atomic mass is 19.1. The van der Waals surface area contributed by atoms with Crippen LogP contribution in [0.1, 0.15) is 68.1 Å². The molecule has 3 fully saturated rings. The summed E-state index contributed by atoms with van der Waals surface area (Å²) in [5.74, 6) is 0.288. The zero-order chi connectivity index (χ0) is 26.8. The average molecular weight is 541 g/mol. The van der Waals surface area contributed by atoms with Gasteiger partial charge >= 0.3 is 0 Å². The molecule has 1 spiro atoms. The Bertz CT molecular complexity index is 1160. The first-order valence-corrected chi connectivity index (χ1v) is 14.7. The average Bonchev–Trinajstić information content (AvgIpc) is 3.31. The van der Waals surface area contributed by atoms with Crippen molar-refractivity contribution in [3.63, 3.8) is 0 Å². The molecule has 2 aromatic rings. The molecular weight excluding hydrogens is 499 g/mol. The molecule has 5 heterocycles. The first kappa shape index (κ1) is 26.3. The molecule has 2 atom stereocenters. The molecular formula is C28H41FN8O2. The van der Waals surface area contributed by atoms with Gasteiger partial charge in [-0.25, -0.2) is 9.07 Å². The number of ether oxygens (including phenoxy) is 1. The van der Waals surface area contributed by atoms with E-state index >= 15 is 4.39 Å². The van der Waals surface area contributed by atoms with Crippen molar-refractivity contribution in [2.24, 2.45) is 0 Å². The number of fused-ring (bicyclic) bond motifs is 3. The highest BCUT2D eigenvalue weighted by molar-refractivity contribution is 6.12. The molecule has 0 bridgehead atoms. The molecule has 2 aromatic heterocycles. The number of nitrogens with zero attached hydrogens (tertiary/aromatic N) is 5. The molecule has 212 valence electrons. The van der Waals surface area contributed by atoms with E-state index in [-0.39, 0.29) is 23.8 Å². The van der Waals surface area contributed by atoms with Crippen LogP contribution in [-0.2, 0) is 10.3 Å². The van der Waals surface area contributed by atoms with E-state index in [2.05, 4.69) is 30.5 Å². The summed E-state index contributed by atoms with van der Waals surface area (Å²) in [6, 6.07) is 2.26. The lowest BCUT2D eigenvalue weighted by Crippen LogP contribution is -2.58. The lowest BCUT2D eigenvalue weighted by molar-refractivity contribution is -0.0116. The first-order chi connectivity index (χ1) is 19.1. The van der Waals surface area contributed by atoms with Crippen molar-refractivity contribution in [3.05, 3.63) is 24.0 Å². The number of carbonyl (C=O) groups is 1. The molecule has 3 aliphatic heterocycles. The van der Waals surface area contributed by atoms with Gasteiger partial charge in [0, 0.05) is 38.9 Å². The standard InChI is InChI=1S/C28H41FN8O2/c29-23-17-32-26-24(25(30)34-37(26)28(23)9-6-4-2-1-3-5-7-10-28)27(38)33-21-16-31-11-8-22(21)36-13-12-35-14-15-39-19-20(35)18-36/h8,11,16,20,23,32H,1-7,9-10,12-15,17-19H2,(H2,30,34)(H,33,38)/t20-,23?/m0/s1. The minimum Gasteiger partial charge on any atom is -0.381 e. The van der Waals surface area contributed by atoms with Crippen LogP contribution in [0.5, 0.6) is 0 Å². The van der Waals surface area contributed by atoms with Gasteiger partial charge in [0.15, 0.2) is 5.82 Å². The fourth-order valence-electron chi connectivity index (χ4n) is 6.96. The van der Waals surface area contributed by atoms with Gasteiger partial charge in [0.2, 0.25) is 0 Å². The summed E-state index contributed by atoms with van der Waals surface area (Å²) in [7, 11) is 0. The molecule has 10 nitrogen and oxygen atoms in total. The zero-order valence-corrected chi connectivity index (χ0v) is 22.7. The van der Waals surface area contributed by atoms with Crippen LogP contribution in [0.25, 0.3) is 0 Å². The second kappa shape index (κ2) is 11.3. The molecule has 1 aliphatic carbocycles. The molecule has 2 saturated heterocycles. The van der Waals surface area contributed by atoms with Gasteiger partial charge in [0.1, 0.15) is 17.6 Å². The largest absolute Gasteiger partial charge is 0.381 e. The summed E-state index contributed by atoms with van der Waals surface area (Å²) in [6.45, 7) is 5.23. The number of anilines is 4. The molecule has 1 unspecified atom stereocenters. The number of rotatable bonds is 3. The number of nitrogens with one attached hydrogen (secondary N) is 2. The Morgan fingerprint density at radius 3 is 2.69 bits per heavy atom.